The fraction of sp³-hybridized carbons (Fsp3) is 0.625. The van der Waals surface area contributed by atoms with Crippen molar-refractivity contribution >= 4 is 0 Å². The van der Waals surface area contributed by atoms with E-state index in [1.807, 2.05) is 18.6 Å². The van der Waals surface area contributed by atoms with Gasteiger partial charge in [0.15, 0.2) is 11.6 Å². The van der Waals surface area contributed by atoms with Crippen LogP contribution >= 0.6 is 0 Å². The van der Waals surface area contributed by atoms with Crippen molar-refractivity contribution in [1.82, 2.24) is 24.4 Å². The number of methoxy groups -OCH3 is 1. The normalized spacial score (nSPS) is 22.1. The van der Waals surface area contributed by atoms with Crippen molar-refractivity contribution in [2.75, 3.05) is 20.3 Å². The molecule has 0 saturated carbocycles. The molecule has 1 N–H and O–H groups in total. The van der Waals surface area contributed by atoms with Gasteiger partial charge in [-0.25, -0.2) is 9.97 Å². The Bertz CT molecular complexity index is 591. The molecule has 1 aliphatic heterocycles. The minimum absolute atomic E-state index is 0.497. The zero-order valence-electron chi connectivity index (χ0n) is 13.4. The van der Waals surface area contributed by atoms with E-state index in [4.69, 9.17) is 4.74 Å². The van der Waals surface area contributed by atoms with Crippen LogP contribution in [0.2, 0.25) is 0 Å². The molecule has 1 aliphatic rings. The molecular formula is C16H25N5O. The molecular weight excluding hydrogens is 278 g/mol. The number of rotatable bonds is 6. The standard InChI is InChI=1S/C16H25N5O/c1-3-13-12-14(4-5-17-13)21-9-7-19-16(21)15-18-6-8-20(15)10-11-22-2/h6-9,13-14,17H,3-5,10-12H2,1-2H3/t13-,14+/m0/s1. The quantitative estimate of drug-likeness (QED) is 0.888. The largest absolute Gasteiger partial charge is 0.383 e. The Morgan fingerprint density at radius 3 is 2.91 bits per heavy atom. The average Bonchev–Trinajstić information content (AvgIpc) is 3.21. The number of ether oxygens (including phenoxy) is 1. The molecule has 2 aromatic rings. The summed E-state index contributed by atoms with van der Waals surface area (Å²) in [6.07, 6.45) is 11.3. The predicted molar refractivity (Wildman–Crippen MR) is 85.7 cm³/mol. The summed E-state index contributed by atoms with van der Waals surface area (Å²) in [5.41, 5.74) is 0. The van der Waals surface area contributed by atoms with Gasteiger partial charge in [0, 0.05) is 50.5 Å². The van der Waals surface area contributed by atoms with Gasteiger partial charge in [0.05, 0.1) is 6.61 Å². The smallest absolute Gasteiger partial charge is 0.176 e. The van der Waals surface area contributed by atoms with E-state index in [2.05, 4.69) is 37.5 Å². The molecule has 0 spiro atoms. The maximum absolute atomic E-state index is 5.18. The molecule has 1 fully saturated rings. The number of hydrogen-bond acceptors (Lipinski definition) is 4. The number of hydrogen-bond donors (Lipinski definition) is 1. The summed E-state index contributed by atoms with van der Waals surface area (Å²) in [6, 6.07) is 1.10. The van der Waals surface area contributed by atoms with E-state index < -0.39 is 0 Å². The third kappa shape index (κ3) is 3.08. The van der Waals surface area contributed by atoms with Gasteiger partial charge in [0.25, 0.3) is 0 Å². The third-order valence-corrected chi connectivity index (χ3v) is 4.47. The van der Waals surface area contributed by atoms with Gasteiger partial charge in [0.2, 0.25) is 0 Å². The first-order valence-corrected chi connectivity index (χ1v) is 8.10. The summed E-state index contributed by atoms with van der Waals surface area (Å²) in [7, 11) is 1.72. The molecule has 3 heterocycles. The maximum atomic E-state index is 5.18. The molecule has 1 saturated heterocycles. The van der Waals surface area contributed by atoms with Crippen molar-refractivity contribution in [3.63, 3.8) is 0 Å². The van der Waals surface area contributed by atoms with Crippen LogP contribution in [0.4, 0.5) is 0 Å². The van der Waals surface area contributed by atoms with E-state index in [0.717, 1.165) is 37.6 Å². The Morgan fingerprint density at radius 1 is 1.27 bits per heavy atom. The number of nitrogens with one attached hydrogen (secondary N) is 1. The molecule has 22 heavy (non-hydrogen) atoms. The van der Waals surface area contributed by atoms with Gasteiger partial charge in [-0.15, -0.1) is 0 Å². The molecule has 6 heteroatoms. The van der Waals surface area contributed by atoms with Crippen LogP contribution in [-0.2, 0) is 11.3 Å². The monoisotopic (exact) mass is 303 g/mol. The molecule has 2 atom stereocenters. The van der Waals surface area contributed by atoms with Gasteiger partial charge in [-0.3, -0.25) is 0 Å². The second-order valence-electron chi connectivity index (χ2n) is 5.83. The summed E-state index contributed by atoms with van der Waals surface area (Å²) in [5, 5.41) is 3.58. The number of aromatic nitrogens is 4. The van der Waals surface area contributed by atoms with Gasteiger partial charge < -0.3 is 19.2 Å². The minimum Gasteiger partial charge on any atom is -0.383 e. The average molecular weight is 303 g/mol. The van der Waals surface area contributed by atoms with Crippen LogP contribution in [0.1, 0.15) is 32.2 Å². The van der Waals surface area contributed by atoms with Gasteiger partial charge in [-0.1, -0.05) is 6.92 Å². The van der Waals surface area contributed by atoms with E-state index in [0.29, 0.717) is 18.7 Å². The lowest BCUT2D eigenvalue weighted by Gasteiger charge is -2.31. The molecule has 0 aromatic carbocycles. The zero-order chi connectivity index (χ0) is 15.4. The maximum Gasteiger partial charge on any atom is 0.176 e. The van der Waals surface area contributed by atoms with Crippen molar-refractivity contribution in [2.24, 2.45) is 0 Å². The summed E-state index contributed by atoms with van der Waals surface area (Å²) < 4.78 is 9.59. The first kappa shape index (κ1) is 15.2. The summed E-state index contributed by atoms with van der Waals surface area (Å²) in [6.45, 7) is 4.78. The Labute approximate surface area is 131 Å². The topological polar surface area (TPSA) is 56.9 Å². The van der Waals surface area contributed by atoms with Crippen LogP contribution in [0.5, 0.6) is 0 Å². The zero-order valence-corrected chi connectivity index (χ0v) is 13.4. The van der Waals surface area contributed by atoms with E-state index in [-0.39, 0.29) is 0 Å². The fourth-order valence-electron chi connectivity index (χ4n) is 3.21. The molecule has 0 unspecified atom stereocenters. The van der Waals surface area contributed by atoms with Crippen LogP contribution in [0.3, 0.4) is 0 Å². The van der Waals surface area contributed by atoms with Gasteiger partial charge in [-0.05, 0) is 25.8 Å². The molecule has 2 aromatic heterocycles. The van der Waals surface area contributed by atoms with Crippen LogP contribution in [0.25, 0.3) is 11.6 Å². The van der Waals surface area contributed by atoms with Crippen LogP contribution in [-0.4, -0.2) is 45.4 Å². The number of imidazole rings is 2. The lowest BCUT2D eigenvalue weighted by Crippen LogP contribution is -2.38. The summed E-state index contributed by atoms with van der Waals surface area (Å²) in [5.74, 6) is 1.89. The molecule has 0 aliphatic carbocycles. The van der Waals surface area contributed by atoms with Crippen molar-refractivity contribution in [3.8, 4) is 11.6 Å². The highest BCUT2D eigenvalue weighted by Crippen LogP contribution is 2.28. The second-order valence-corrected chi connectivity index (χ2v) is 5.83. The fourth-order valence-corrected chi connectivity index (χ4v) is 3.21. The van der Waals surface area contributed by atoms with Crippen molar-refractivity contribution in [3.05, 3.63) is 24.8 Å². The summed E-state index contributed by atoms with van der Waals surface area (Å²) in [4.78, 5) is 9.09. The molecule has 120 valence electrons. The third-order valence-electron chi connectivity index (χ3n) is 4.47. The first-order valence-electron chi connectivity index (χ1n) is 8.10. The van der Waals surface area contributed by atoms with Gasteiger partial charge >= 0.3 is 0 Å². The minimum atomic E-state index is 0.497. The Morgan fingerprint density at radius 2 is 2.09 bits per heavy atom. The number of piperidine rings is 1. The Balaban J connectivity index is 1.84. The first-order chi connectivity index (χ1) is 10.8. The van der Waals surface area contributed by atoms with Crippen molar-refractivity contribution in [2.45, 2.75) is 44.8 Å². The van der Waals surface area contributed by atoms with E-state index in [1.54, 1.807) is 7.11 Å². The van der Waals surface area contributed by atoms with Gasteiger partial charge in [0.1, 0.15) is 0 Å². The second kappa shape index (κ2) is 7.07. The van der Waals surface area contributed by atoms with Crippen LogP contribution in [0.15, 0.2) is 24.8 Å². The highest BCUT2D eigenvalue weighted by molar-refractivity contribution is 5.45. The Hall–Kier alpha value is -1.66. The van der Waals surface area contributed by atoms with E-state index >= 15 is 0 Å². The van der Waals surface area contributed by atoms with Crippen LogP contribution < -0.4 is 5.32 Å². The van der Waals surface area contributed by atoms with Gasteiger partial charge in [-0.2, -0.15) is 0 Å². The highest BCUT2D eigenvalue weighted by atomic mass is 16.5. The predicted octanol–water partition coefficient (Wildman–Crippen LogP) is 2.10. The Kier molecular flexibility index (Phi) is 4.90. The van der Waals surface area contributed by atoms with E-state index in [1.165, 1.54) is 6.42 Å². The molecule has 3 rings (SSSR count). The molecule has 6 nitrogen and oxygen atoms in total. The lowest BCUT2D eigenvalue weighted by atomic mass is 9.97. The molecule has 0 bridgehead atoms. The highest BCUT2D eigenvalue weighted by Gasteiger charge is 2.24. The number of nitrogens with zero attached hydrogens (tertiary/aromatic N) is 4. The van der Waals surface area contributed by atoms with Crippen molar-refractivity contribution < 1.29 is 4.74 Å². The van der Waals surface area contributed by atoms with Crippen LogP contribution in [0, 0.1) is 0 Å². The van der Waals surface area contributed by atoms with E-state index in [9.17, 15) is 0 Å². The lowest BCUT2D eigenvalue weighted by molar-refractivity contribution is 0.187. The SMILES string of the molecule is CC[C@H]1C[C@H](n2ccnc2-c2nccn2CCOC)CCN1. The van der Waals surface area contributed by atoms with Crippen molar-refractivity contribution in [1.29, 1.82) is 0 Å². The molecule has 0 amide bonds. The molecule has 0 radical (unpaired) electrons. The summed E-state index contributed by atoms with van der Waals surface area (Å²) >= 11 is 0.